The van der Waals surface area contributed by atoms with Crippen LogP contribution in [0.2, 0.25) is 5.02 Å². The third kappa shape index (κ3) is 3.62. The summed E-state index contributed by atoms with van der Waals surface area (Å²) in [5.74, 6) is -0.524. The summed E-state index contributed by atoms with van der Waals surface area (Å²) in [7, 11) is 1.45. The molecule has 1 aliphatic rings. The van der Waals surface area contributed by atoms with Crippen molar-refractivity contribution in [1.29, 1.82) is 0 Å². The van der Waals surface area contributed by atoms with Crippen molar-refractivity contribution < 1.29 is 28.5 Å². The van der Waals surface area contributed by atoms with Crippen LogP contribution >= 0.6 is 11.6 Å². The van der Waals surface area contributed by atoms with Gasteiger partial charge in [-0.05, 0) is 26.0 Å². The molecular formula is C15H17ClO6. The van der Waals surface area contributed by atoms with E-state index in [2.05, 4.69) is 0 Å². The lowest BCUT2D eigenvalue weighted by atomic mass is 10.2. The van der Waals surface area contributed by atoms with E-state index >= 15 is 0 Å². The number of hydrogen-bond acceptors (Lipinski definition) is 6. The maximum absolute atomic E-state index is 12.1. The van der Waals surface area contributed by atoms with Gasteiger partial charge in [-0.3, -0.25) is 0 Å². The zero-order chi connectivity index (χ0) is 16.3. The van der Waals surface area contributed by atoms with Crippen LogP contribution in [0.5, 0.6) is 11.5 Å². The van der Waals surface area contributed by atoms with E-state index in [9.17, 15) is 9.59 Å². The summed E-state index contributed by atoms with van der Waals surface area (Å²) in [4.78, 5) is 23.5. The van der Waals surface area contributed by atoms with Crippen LogP contribution < -0.4 is 9.47 Å². The van der Waals surface area contributed by atoms with Crippen LogP contribution in [0.15, 0.2) is 12.1 Å². The van der Waals surface area contributed by atoms with E-state index in [0.717, 1.165) is 0 Å². The number of benzene rings is 1. The molecule has 0 aliphatic carbocycles. The molecule has 1 aromatic rings. The molecular weight excluding hydrogens is 312 g/mol. The first-order valence-corrected chi connectivity index (χ1v) is 7.22. The molecule has 22 heavy (non-hydrogen) atoms. The van der Waals surface area contributed by atoms with Gasteiger partial charge in [-0.1, -0.05) is 11.6 Å². The van der Waals surface area contributed by atoms with E-state index in [1.807, 2.05) is 13.8 Å². The van der Waals surface area contributed by atoms with Gasteiger partial charge in [0.25, 0.3) is 0 Å². The van der Waals surface area contributed by atoms with Gasteiger partial charge >= 0.3 is 11.9 Å². The number of ether oxygens (including phenoxy) is 4. The van der Waals surface area contributed by atoms with E-state index < -0.39 is 18.0 Å². The molecule has 1 atom stereocenters. The molecule has 1 fully saturated rings. The highest BCUT2D eigenvalue weighted by Crippen LogP contribution is 2.37. The third-order valence-corrected chi connectivity index (χ3v) is 3.24. The number of cyclic esters (lactones) is 1. The van der Waals surface area contributed by atoms with Crippen molar-refractivity contribution >= 4 is 23.5 Å². The van der Waals surface area contributed by atoms with Gasteiger partial charge in [-0.25, -0.2) is 9.59 Å². The van der Waals surface area contributed by atoms with Crippen molar-refractivity contribution in [2.45, 2.75) is 32.5 Å². The molecule has 120 valence electrons. The van der Waals surface area contributed by atoms with Crippen LogP contribution in [0.4, 0.5) is 0 Å². The molecule has 0 N–H and O–H groups in total. The molecule has 0 unspecified atom stereocenters. The van der Waals surface area contributed by atoms with Gasteiger partial charge in [0, 0.05) is 6.42 Å². The monoisotopic (exact) mass is 328 g/mol. The van der Waals surface area contributed by atoms with Gasteiger partial charge in [-0.15, -0.1) is 0 Å². The molecule has 0 bridgehead atoms. The summed E-state index contributed by atoms with van der Waals surface area (Å²) >= 11 is 6.14. The van der Waals surface area contributed by atoms with Crippen LogP contribution in [0, 0.1) is 0 Å². The average molecular weight is 329 g/mol. The minimum absolute atomic E-state index is 0.0996. The second kappa shape index (κ2) is 6.87. The van der Waals surface area contributed by atoms with Crippen molar-refractivity contribution in [3.05, 3.63) is 22.7 Å². The smallest absolute Gasteiger partial charge is 0.347 e. The van der Waals surface area contributed by atoms with Crippen molar-refractivity contribution in [2.75, 3.05) is 13.7 Å². The van der Waals surface area contributed by atoms with Crippen LogP contribution in [-0.4, -0.2) is 37.9 Å². The van der Waals surface area contributed by atoms with Crippen LogP contribution in [0.3, 0.4) is 0 Å². The Hall–Kier alpha value is -1.95. The van der Waals surface area contributed by atoms with Crippen molar-refractivity contribution in [2.24, 2.45) is 0 Å². The Morgan fingerprint density at radius 2 is 2.14 bits per heavy atom. The Bertz CT molecular complexity index is 584. The molecule has 0 saturated carbocycles. The van der Waals surface area contributed by atoms with Gasteiger partial charge in [0.05, 0.1) is 30.4 Å². The highest BCUT2D eigenvalue weighted by molar-refractivity contribution is 6.32. The quantitative estimate of drug-likeness (QED) is 0.774. The summed E-state index contributed by atoms with van der Waals surface area (Å²) in [5, 5.41) is 0.231. The zero-order valence-electron chi connectivity index (χ0n) is 12.6. The highest BCUT2D eigenvalue weighted by atomic mass is 35.5. The van der Waals surface area contributed by atoms with Crippen LogP contribution in [0.25, 0.3) is 0 Å². The molecule has 1 saturated heterocycles. The SMILES string of the molecule is COc1cc(C(=O)O[C@H]2CCOC2=O)cc(Cl)c1OC(C)C. The zero-order valence-corrected chi connectivity index (χ0v) is 13.3. The van der Waals surface area contributed by atoms with Crippen LogP contribution in [-0.2, 0) is 14.3 Å². The van der Waals surface area contributed by atoms with E-state index in [1.54, 1.807) is 0 Å². The second-order valence-corrected chi connectivity index (χ2v) is 5.41. The van der Waals surface area contributed by atoms with Gasteiger partial charge in [0.15, 0.2) is 11.5 Å². The average Bonchev–Trinajstić information content (AvgIpc) is 2.85. The molecule has 0 amide bonds. The van der Waals surface area contributed by atoms with E-state index in [-0.39, 0.29) is 23.3 Å². The largest absolute Gasteiger partial charge is 0.493 e. The first-order chi connectivity index (χ1) is 10.4. The Balaban J connectivity index is 2.22. The van der Waals surface area contributed by atoms with Crippen molar-refractivity contribution in [3.63, 3.8) is 0 Å². The minimum Gasteiger partial charge on any atom is -0.493 e. The topological polar surface area (TPSA) is 71.1 Å². The fourth-order valence-electron chi connectivity index (χ4n) is 1.97. The Labute approximate surface area is 133 Å². The third-order valence-electron chi connectivity index (χ3n) is 2.96. The fourth-order valence-corrected chi connectivity index (χ4v) is 2.22. The fraction of sp³-hybridized carbons (Fsp3) is 0.467. The lowest BCUT2D eigenvalue weighted by molar-refractivity contribution is -0.145. The molecule has 7 heteroatoms. The maximum Gasteiger partial charge on any atom is 0.347 e. The number of carbonyl (C=O) groups excluding carboxylic acids is 2. The highest BCUT2D eigenvalue weighted by Gasteiger charge is 2.31. The van der Waals surface area contributed by atoms with Gasteiger partial charge in [-0.2, -0.15) is 0 Å². The van der Waals surface area contributed by atoms with Crippen LogP contribution in [0.1, 0.15) is 30.6 Å². The molecule has 0 radical (unpaired) electrons. The summed E-state index contributed by atoms with van der Waals surface area (Å²) in [6.45, 7) is 3.95. The first kappa shape index (κ1) is 16.4. The molecule has 1 aromatic carbocycles. The Morgan fingerprint density at radius 1 is 1.41 bits per heavy atom. The number of carbonyl (C=O) groups is 2. The van der Waals surface area contributed by atoms with Gasteiger partial charge in [0.2, 0.25) is 6.10 Å². The molecule has 1 heterocycles. The lowest BCUT2D eigenvalue weighted by Crippen LogP contribution is -2.22. The number of rotatable bonds is 5. The summed E-state index contributed by atoms with van der Waals surface area (Å²) in [6.07, 6.45) is -0.620. The number of methoxy groups -OCH3 is 1. The predicted molar refractivity (Wildman–Crippen MR) is 78.5 cm³/mol. The summed E-state index contributed by atoms with van der Waals surface area (Å²) in [5.41, 5.74) is 0.178. The van der Waals surface area contributed by atoms with Gasteiger partial charge in [0.1, 0.15) is 0 Å². The predicted octanol–water partition coefficient (Wildman–Crippen LogP) is 2.61. The van der Waals surface area contributed by atoms with E-state index in [4.69, 9.17) is 30.5 Å². The number of esters is 2. The summed E-state index contributed by atoms with van der Waals surface area (Å²) < 4.78 is 20.6. The second-order valence-electron chi connectivity index (χ2n) is 5.01. The maximum atomic E-state index is 12.1. The molecule has 2 rings (SSSR count). The first-order valence-electron chi connectivity index (χ1n) is 6.84. The van der Waals surface area contributed by atoms with E-state index in [1.165, 1.54) is 19.2 Å². The minimum atomic E-state index is -0.871. The normalized spacial score (nSPS) is 17.3. The Kier molecular flexibility index (Phi) is 5.13. The summed E-state index contributed by atoms with van der Waals surface area (Å²) in [6, 6.07) is 2.89. The molecule has 1 aliphatic heterocycles. The van der Waals surface area contributed by atoms with Gasteiger partial charge < -0.3 is 18.9 Å². The molecule has 6 nitrogen and oxygen atoms in total. The molecule has 0 aromatic heterocycles. The lowest BCUT2D eigenvalue weighted by Gasteiger charge is -2.16. The molecule has 0 spiro atoms. The standard InChI is InChI=1S/C15H17ClO6/c1-8(2)21-13-10(16)6-9(7-12(13)19-3)14(17)22-11-4-5-20-15(11)18/h6-8,11H,4-5H2,1-3H3/t11-/m0/s1. The van der Waals surface area contributed by atoms with Crippen molar-refractivity contribution in [3.8, 4) is 11.5 Å². The number of halogens is 1. The number of hydrogen-bond donors (Lipinski definition) is 0. The van der Waals surface area contributed by atoms with E-state index in [0.29, 0.717) is 17.9 Å². The van der Waals surface area contributed by atoms with Crippen molar-refractivity contribution in [1.82, 2.24) is 0 Å². The Morgan fingerprint density at radius 3 is 2.68 bits per heavy atom.